The Labute approximate surface area is 190 Å². The van der Waals surface area contributed by atoms with Crippen LogP contribution in [0.3, 0.4) is 0 Å². The van der Waals surface area contributed by atoms with Gasteiger partial charge in [0.25, 0.3) is 0 Å². The lowest BCUT2D eigenvalue weighted by Gasteiger charge is -2.06. The summed E-state index contributed by atoms with van der Waals surface area (Å²) in [5.41, 5.74) is 5.22. The quantitative estimate of drug-likeness (QED) is 0.413. The van der Waals surface area contributed by atoms with Gasteiger partial charge in [-0.05, 0) is 35.7 Å². The molecule has 1 amide bonds. The molecule has 0 saturated heterocycles. The van der Waals surface area contributed by atoms with E-state index in [2.05, 4.69) is 5.32 Å². The second kappa shape index (κ2) is 9.24. The van der Waals surface area contributed by atoms with Crippen molar-refractivity contribution in [3.8, 4) is 33.3 Å². The molecule has 0 atom stereocenters. The number of nitrogens with zero attached hydrogens (tertiary/aromatic N) is 1. The van der Waals surface area contributed by atoms with Crippen molar-refractivity contribution in [3.05, 3.63) is 89.3 Å². The van der Waals surface area contributed by atoms with Crippen LogP contribution in [-0.4, -0.2) is 17.7 Å². The molecule has 0 saturated carbocycles. The molecule has 6 heteroatoms. The summed E-state index contributed by atoms with van der Waals surface area (Å²) < 4.78 is 10.8. The highest BCUT2D eigenvalue weighted by atomic mass is 32.1. The molecule has 2 heterocycles. The van der Waals surface area contributed by atoms with Gasteiger partial charge in [0, 0.05) is 29.5 Å². The van der Waals surface area contributed by atoms with Crippen LogP contribution in [0, 0.1) is 0 Å². The summed E-state index contributed by atoms with van der Waals surface area (Å²) in [4.78, 5) is 16.9. The van der Waals surface area contributed by atoms with Crippen molar-refractivity contribution in [1.29, 1.82) is 0 Å². The Bertz CT molecular complexity index is 1220. The Balaban J connectivity index is 1.17. The number of aryl methyl sites for hydroxylation is 1. The van der Waals surface area contributed by atoms with Crippen LogP contribution in [0.1, 0.15) is 17.5 Å². The Hall–Kier alpha value is -3.64. The van der Waals surface area contributed by atoms with Crippen molar-refractivity contribution in [2.45, 2.75) is 19.4 Å². The highest BCUT2D eigenvalue weighted by Gasteiger charge is 2.15. The molecule has 5 nitrogen and oxygen atoms in total. The van der Waals surface area contributed by atoms with Gasteiger partial charge in [0.2, 0.25) is 12.7 Å². The molecular formula is C26H22N2O3S. The molecule has 5 rings (SSSR count). The van der Waals surface area contributed by atoms with E-state index in [9.17, 15) is 4.79 Å². The molecule has 0 aliphatic carbocycles. The van der Waals surface area contributed by atoms with Crippen LogP contribution in [0.25, 0.3) is 21.8 Å². The molecular weight excluding hydrogens is 420 g/mol. The van der Waals surface area contributed by atoms with Gasteiger partial charge in [-0.2, -0.15) is 0 Å². The molecule has 160 valence electrons. The number of hydrogen-bond acceptors (Lipinski definition) is 5. The first-order valence-corrected chi connectivity index (χ1v) is 11.4. The summed E-state index contributed by atoms with van der Waals surface area (Å²) in [6.45, 7) is 0.787. The van der Waals surface area contributed by atoms with E-state index in [1.807, 2.05) is 78.2 Å². The number of carbonyl (C=O) groups excluding carboxylic acids is 1. The lowest BCUT2D eigenvalue weighted by molar-refractivity contribution is -0.121. The summed E-state index contributed by atoms with van der Waals surface area (Å²) in [5, 5.41) is 6.00. The van der Waals surface area contributed by atoms with Crippen LogP contribution in [0.5, 0.6) is 11.5 Å². The highest BCUT2D eigenvalue weighted by Crippen LogP contribution is 2.37. The first-order chi connectivity index (χ1) is 15.7. The maximum Gasteiger partial charge on any atom is 0.231 e. The fourth-order valence-electron chi connectivity index (χ4n) is 3.55. The van der Waals surface area contributed by atoms with Crippen LogP contribution in [0.15, 0.2) is 78.2 Å². The standard InChI is InChI=1S/C26H22N2O3S/c29-25(13-8-18-4-2-1-3-5-18)27-15-19-6-9-20(10-7-19)26-28-22(16-32-26)21-11-12-23-24(14-21)31-17-30-23/h1-7,9-12,14,16H,8,13,15,17H2,(H,27,29). The molecule has 1 N–H and O–H groups in total. The topological polar surface area (TPSA) is 60.5 Å². The second-order valence-electron chi connectivity index (χ2n) is 7.57. The molecule has 0 unspecified atom stereocenters. The largest absolute Gasteiger partial charge is 0.454 e. The van der Waals surface area contributed by atoms with Crippen molar-refractivity contribution in [3.63, 3.8) is 0 Å². The Morgan fingerprint density at radius 2 is 1.69 bits per heavy atom. The summed E-state index contributed by atoms with van der Waals surface area (Å²) in [6, 6.07) is 24.1. The Kier molecular flexibility index (Phi) is 5.85. The number of hydrogen-bond donors (Lipinski definition) is 1. The number of ether oxygens (including phenoxy) is 2. The molecule has 0 radical (unpaired) electrons. The van der Waals surface area contributed by atoms with Gasteiger partial charge in [0.15, 0.2) is 11.5 Å². The van der Waals surface area contributed by atoms with Gasteiger partial charge in [-0.1, -0.05) is 54.6 Å². The fraction of sp³-hybridized carbons (Fsp3) is 0.154. The minimum absolute atomic E-state index is 0.0613. The summed E-state index contributed by atoms with van der Waals surface area (Å²) in [6.07, 6.45) is 1.24. The SMILES string of the molecule is O=C(CCc1ccccc1)NCc1ccc(-c2nc(-c3ccc4c(c3)OCO4)cs2)cc1. The lowest BCUT2D eigenvalue weighted by atomic mass is 10.1. The van der Waals surface area contributed by atoms with E-state index in [0.717, 1.165) is 45.3 Å². The monoisotopic (exact) mass is 442 g/mol. The number of nitrogens with one attached hydrogen (secondary N) is 1. The lowest BCUT2D eigenvalue weighted by Crippen LogP contribution is -2.22. The predicted octanol–water partition coefficient (Wildman–Crippen LogP) is 5.45. The van der Waals surface area contributed by atoms with Crippen molar-refractivity contribution in [2.24, 2.45) is 0 Å². The first-order valence-electron chi connectivity index (χ1n) is 10.5. The minimum Gasteiger partial charge on any atom is -0.454 e. The number of benzene rings is 3. The number of carbonyl (C=O) groups is 1. The van der Waals surface area contributed by atoms with Gasteiger partial charge in [0.05, 0.1) is 5.69 Å². The van der Waals surface area contributed by atoms with Crippen molar-refractivity contribution in [1.82, 2.24) is 10.3 Å². The van der Waals surface area contributed by atoms with Crippen LogP contribution < -0.4 is 14.8 Å². The third kappa shape index (κ3) is 4.65. The minimum atomic E-state index is 0.0613. The molecule has 3 aromatic carbocycles. The van der Waals surface area contributed by atoms with Crippen LogP contribution in [-0.2, 0) is 17.8 Å². The zero-order valence-electron chi connectivity index (χ0n) is 17.4. The molecule has 1 aromatic heterocycles. The van der Waals surface area contributed by atoms with Crippen molar-refractivity contribution < 1.29 is 14.3 Å². The summed E-state index contributed by atoms with van der Waals surface area (Å²) in [7, 11) is 0. The van der Waals surface area contributed by atoms with E-state index in [1.54, 1.807) is 11.3 Å². The Morgan fingerprint density at radius 3 is 2.53 bits per heavy atom. The molecule has 0 spiro atoms. The molecule has 1 aliphatic rings. The fourth-order valence-corrected chi connectivity index (χ4v) is 4.39. The number of aromatic nitrogens is 1. The molecule has 32 heavy (non-hydrogen) atoms. The zero-order chi connectivity index (χ0) is 21.8. The average molecular weight is 443 g/mol. The van der Waals surface area contributed by atoms with Gasteiger partial charge in [-0.3, -0.25) is 4.79 Å². The molecule has 4 aromatic rings. The summed E-state index contributed by atoms with van der Waals surface area (Å²) >= 11 is 1.61. The van der Waals surface area contributed by atoms with E-state index < -0.39 is 0 Å². The molecule has 0 bridgehead atoms. The number of rotatable bonds is 7. The van der Waals surface area contributed by atoms with Gasteiger partial charge < -0.3 is 14.8 Å². The van der Waals surface area contributed by atoms with E-state index >= 15 is 0 Å². The molecule has 1 aliphatic heterocycles. The number of fused-ring (bicyclic) bond motifs is 1. The molecule has 0 fully saturated rings. The Morgan fingerprint density at radius 1 is 0.906 bits per heavy atom. The van der Waals surface area contributed by atoms with Crippen molar-refractivity contribution >= 4 is 17.2 Å². The number of thiazole rings is 1. The summed E-state index contributed by atoms with van der Waals surface area (Å²) in [5.74, 6) is 1.59. The predicted molar refractivity (Wildman–Crippen MR) is 126 cm³/mol. The second-order valence-corrected chi connectivity index (χ2v) is 8.42. The zero-order valence-corrected chi connectivity index (χ0v) is 18.2. The van der Waals surface area contributed by atoms with E-state index in [1.165, 1.54) is 5.56 Å². The highest BCUT2D eigenvalue weighted by molar-refractivity contribution is 7.13. The van der Waals surface area contributed by atoms with E-state index in [-0.39, 0.29) is 12.7 Å². The third-order valence-electron chi connectivity index (χ3n) is 5.35. The number of amides is 1. The van der Waals surface area contributed by atoms with Crippen molar-refractivity contribution in [2.75, 3.05) is 6.79 Å². The normalized spacial score (nSPS) is 12.0. The maximum absolute atomic E-state index is 12.2. The van der Waals surface area contributed by atoms with Crippen LogP contribution >= 0.6 is 11.3 Å². The van der Waals surface area contributed by atoms with Crippen LogP contribution in [0.2, 0.25) is 0 Å². The van der Waals surface area contributed by atoms with E-state index in [0.29, 0.717) is 13.0 Å². The van der Waals surface area contributed by atoms with Crippen LogP contribution in [0.4, 0.5) is 0 Å². The van der Waals surface area contributed by atoms with Gasteiger partial charge in [0.1, 0.15) is 5.01 Å². The first kappa shape index (κ1) is 20.3. The average Bonchev–Trinajstić information content (AvgIpc) is 3.52. The smallest absolute Gasteiger partial charge is 0.231 e. The third-order valence-corrected chi connectivity index (χ3v) is 6.24. The maximum atomic E-state index is 12.2. The van der Waals surface area contributed by atoms with Gasteiger partial charge in [-0.15, -0.1) is 11.3 Å². The van der Waals surface area contributed by atoms with E-state index in [4.69, 9.17) is 14.5 Å². The van der Waals surface area contributed by atoms with Gasteiger partial charge >= 0.3 is 0 Å². The van der Waals surface area contributed by atoms with Gasteiger partial charge in [-0.25, -0.2) is 4.98 Å².